The van der Waals surface area contributed by atoms with Gasteiger partial charge in [-0.3, -0.25) is 0 Å². The average molecular weight is 242 g/mol. The molecule has 0 saturated heterocycles. The Morgan fingerprint density at radius 3 is 2.41 bits per heavy atom. The van der Waals surface area contributed by atoms with Gasteiger partial charge in [-0.05, 0) is 0 Å². The van der Waals surface area contributed by atoms with Crippen LogP contribution in [0.2, 0.25) is 0 Å². The number of rotatable bonds is 5. The van der Waals surface area contributed by atoms with E-state index in [-0.39, 0.29) is 19.0 Å². The minimum atomic E-state index is -0.544. The van der Waals surface area contributed by atoms with E-state index in [1.54, 1.807) is 12.1 Å². The number of ether oxygens (including phenoxy) is 2. The monoisotopic (exact) mass is 242 g/mol. The Morgan fingerprint density at radius 2 is 1.94 bits per heavy atom. The maximum atomic E-state index is 14.1. The van der Waals surface area contributed by atoms with Gasteiger partial charge in [0.15, 0.2) is 11.6 Å². The van der Waals surface area contributed by atoms with Crippen LogP contribution < -0.4 is 4.74 Å². The highest BCUT2D eigenvalue weighted by Crippen LogP contribution is 2.34. The Kier molecular flexibility index (Phi) is 4.48. The van der Waals surface area contributed by atoms with E-state index in [4.69, 9.17) is 9.47 Å². The molecule has 96 valence electrons. The Labute approximate surface area is 101 Å². The van der Waals surface area contributed by atoms with Crippen molar-refractivity contribution in [2.75, 3.05) is 20.8 Å². The lowest BCUT2D eigenvalue weighted by atomic mass is 9.84. The molecular weight excluding hydrogens is 223 g/mol. The van der Waals surface area contributed by atoms with Crippen LogP contribution in [-0.4, -0.2) is 25.9 Å². The summed E-state index contributed by atoms with van der Waals surface area (Å²) in [6, 6.07) is 3.43. The van der Waals surface area contributed by atoms with Crippen LogP contribution in [0.4, 0.5) is 4.39 Å². The number of aliphatic hydroxyl groups is 1. The number of aliphatic hydroxyl groups excluding tert-OH is 1. The highest BCUT2D eigenvalue weighted by molar-refractivity contribution is 5.43. The number of methoxy groups -OCH3 is 2. The fourth-order valence-corrected chi connectivity index (χ4v) is 1.68. The molecule has 0 unspecified atom stereocenters. The fraction of sp³-hybridized carbons (Fsp3) is 0.538. The van der Waals surface area contributed by atoms with E-state index in [9.17, 15) is 9.50 Å². The quantitative estimate of drug-likeness (QED) is 0.860. The second kappa shape index (κ2) is 5.47. The van der Waals surface area contributed by atoms with Crippen LogP contribution in [0.5, 0.6) is 5.75 Å². The van der Waals surface area contributed by atoms with Gasteiger partial charge in [-0.1, -0.05) is 26.0 Å². The molecule has 0 saturated carbocycles. The van der Waals surface area contributed by atoms with E-state index in [0.717, 1.165) is 0 Å². The zero-order valence-electron chi connectivity index (χ0n) is 10.7. The molecule has 0 aromatic heterocycles. The SMILES string of the molecule is COCc1ccc(C(C)(C)CO)c(OC)c1F. The highest BCUT2D eigenvalue weighted by atomic mass is 19.1. The summed E-state index contributed by atoms with van der Waals surface area (Å²) in [6.07, 6.45) is 0. The summed E-state index contributed by atoms with van der Waals surface area (Å²) in [4.78, 5) is 0. The molecule has 0 amide bonds. The molecule has 0 aliphatic carbocycles. The van der Waals surface area contributed by atoms with E-state index in [2.05, 4.69) is 0 Å². The molecule has 3 nitrogen and oxygen atoms in total. The average Bonchev–Trinajstić information content (AvgIpc) is 2.31. The molecule has 0 spiro atoms. The molecule has 0 atom stereocenters. The smallest absolute Gasteiger partial charge is 0.170 e. The first-order valence-electron chi connectivity index (χ1n) is 5.43. The van der Waals surface area contributed by atoms with Crippen LogP contribution in [0.25, 0.3) is 0 Å². The van der Waals surface area contributed by atoms with Crippen LogP contribution in [0.15, 0.2) is 12.1 Å². The molecule has 0 bridgehead atoms. The Morgan fingerprint density at radius 1 is 1.29 bits per heavy atom. The minimum absolute atomic E-state index is 0.0770. The molecule has 0 aliphatic heterocycles. The van der Waals surface area contributed by atoms with Crippen molar-refractivity contribution in [1.29, 1.82) is 0 Å². The van der Waals surface area contributed by atoms with E-state index >= 15 is 0 Å². The van der Waals surface area contributed by atoms with Crippen molar-refractivity contribution in [1.82, 2.24) is 0 Å². The summed E-state index contributed by atoms with van der Waals surface area (Å²) < 4.78 is 24.1. The van der Waals surface area contributed by atoms with Crippen molar-refractivity contribution < 1.29 is 19.0 Å². The van der Waals surface area contributed by atoms with E-state index in [1.807, 2.05) is 13.8 Å². The molecule has 4 heteroatoms. The molecule has 17 heavy (non-hydrogen) atoms. The molecule has 0 heterocycles. The number of benzene rings is 1. The lowest BCUT2D eigenvalue weighted by Gasteiger charge is -2.25. The van der Waals surface area contributed by atoms with Crippen LogP contribution in [-0.2, 0) is 16.8 Å². The Hall–Kier alpha value is -1.13. The maximum Gasteiger partial charge on any atom is 0.170 e. The molecule has 1 N–H and O–H groups in total. The third-order valence-electron chi connectivity index (χ3n) is 2.81. The summed E-state index contributed by atoms with van der Waals surface area (Å²) in [5.74, 6) is -0.244. The van der Waals surface area contributed by atoms with Crippen LogP contribution in [0.1, 0.15) is 25.0 Å². The lowest BCUT2D eigenvalue weighted by molar-refractivity contribution is 0.180. The van der Waals surface area contributed by atoms with Gasteiger partial charge in [-0.2, -0.15) is 0 Å². The first-order chi connectivity index (χ1) is 7.97. The Bertz CT molecular complexity index is 388. The standard InChI is InChI=1S/C13H19FO3/c1-13(2,8-15)10-6-5-9(7-16-3)11(14)12(10)17-4/h5-6,15H,7-8H2,1-4H3. The maximum absolute atomic E-state index is 14.1. The number of hydrogen-bond donors (Lipinski definition) is 1. The summed E-state index contributed by atoms with van der Waals surface area (Å²) in [7, 11) is 2.93. The molecule has 1 aromatic carbocycles. The molecular formula is C13H19FO3. The van der Waals surface area contributed by atoms with E-state index < -0.39 is 11.2 Å². The van der Waals surface area contributed by atoms with Crippen LogP contribution in [0, 0.1) is 5.82 Å². The third kappa shape index (κ3) is 2.76. The van der Waals surface area contributed by atoms with Crippen molar-refractivity contribution >= 4 is 0 Å². The largest absolute Gasteiger partial charge is 0.493 e. The number of hydrogen-bond acceptors (Lipinski definition) is 3. The summed E-state index contributed by atoms with van der Waals surface area (Å²) in [5, 5.41) is 9.33. The Balaban J connectivity index is 3.30. The van der Waals surface area contributed by atoms with Gasteiger partial charge in [0, 0.05) is 23.7 Å². The highest BCUT2D eigenvalue weighted by Gasteiger charge is 2.26. The van der Waals surface area contributed by atoms with Gasteiger partial charge < -0.3 is 14.6 Å². The van der Waals surface area contributed by atoms with Crippen molar-refractivity contribution in [2.24, 2.45) is 0 Å². The molecule has 0 radical (unpaired) electrons. The van der Waals surface area contributed by atoms with Crippen LogP contribution >= 0.6 is 0 Å². The van der Waals surface area contributed by atoms with E-state index in [0.29, 0.717) is 11.1 Å². The summed E-state index contributed by atoms with van der Waals surface area (Å²) in [5.41, 5.74) is 0.555. The fourth-order valence-electron chi connectivity index (χ4n) is 1.68. The molecule has 0 aliphatic rings. The van der Waals surface area contributed by atoms with Gasteiger partial charge in [-0.25, -0.2) is 4.39 Å². The molecule has 1 aromatic rings. The van der Waals surface area contributed by atoms with Crippen molar-refractivity contribution in [3.63, 3.8) is 0 Å². The van der Waals surface area contributed by atoms with Crippen molar-refractivity contribution in [3.8, 4) is 5.75 Å². The zero-order chi connectivity index (χ0) is 13.1. The summed E-state index contributed by atoms with van der Waals surface area (Å²) >= 11 is 0. The predicted molar refractivity (Wildman–Crippen MR) is 63.8 cm³/mol. The zero-order valence-corrected chi connectivity index (χ0v) is 10.7. The predicted octanol–water partition coefficient (Wildman–Crippen LogP) is 2.25. The third-order valence-corrected chi connectivity index (χ3v) is 2.81. The van der Waals surface area contributed by atoms with Gasteiger partial charge in [0.2, 0.25) is 0 Å². The minimum Gasteiger partial charge on any atom is -0.493 e. The first-order valence-corrected chi connectivity index (χ1v) is 5.43. The van der Waals surface area contributed by atoms with Gasteiger partial charge in [0.25, 0.3) is 0 Å². The van der Waals surface area contributed by atoms with Crippen molar-refractivity contribution in [3.05, 3.63) is 29.1 Å². The summed E-state index contributed by atoms with van der Waals surface area (Å²) in [6.45, 7) is 3.79. The number of halogens is 1. The first kappa shape index (κ1) is 13.9. The second-order valence-corrected chi connectivity index (χ2v) is 4.59. The van der Waals surface area contributed by atoms with E-state index in [1.165, 1.54) is 14.2 Å². The normalized spacial score (nSPS) is 11.6. The van der Waals surface area contributed by atoms with Crippen LogP contribution in [0.3, 0.4) is 0 Å². The van der Waals surface area contributed by atoms with Gasteiger partial charge in [0.05, 0.1) is 20.3 Å². The molecule has 0 fully saturated rings. The van der Waals surface area contributed by atoms with Gasteiger partial charge >= 0.3 is 0 Å². The van der Waals surface area contributed by atoms with Gasteiger partial charge in [0.1, 0.15) is 0 Å². The second-order valence-electron chi connectivity index (χ2n) is 4.59. The topological polar surface area (TPSA) is 38.7 Å². The molecule has 1 rings (SSSR count). The van der Waals surface area contributed by atoms with Crippen molar-refractivity contribution in [2.45, 2.75) is 25.9 Å². The lowest BCUT2D eigenvalue weighted by Crippen LogP contribution is -2.23. The van der Waals surface area contributed by atoms with Gasteiger partial charge in [-0.15, -0.1) is 0 Å².